The summed E-state index contributed by atoms with van der Waals surface area (Å²) in [6.07, 6.45) is 6.91. The Labute approximate surface area is 121 Å². The normalized spacial score (nSPS) is 21.4. The van der Waals surface area contributed by atoms with E-state index in [1.165, 1.54) is 25.7 Å². The molecule has 1 saturated carbocycles. The highest BCUT2D eigenvalue weighted by Crippen LogP contribution is 2.22. The first-order valence-corrected chi connectivity index (χ1v) is 7.81. The number of amides is 2. The van der Waals surface area contributed by atoms with Crippen molar-refractivity contribution in [2.75, 3.05) is 32.8 Å². The second-order valence-corrected chi connectivity index (χ2v) is 5.79. The van der Waals surface area contributed by atoms with Gasteiger partial charge in [-0.2, -0.15) is 0 Å². The Morgan fingerprint density at radius 2 is 1.70 bits per heavy atom. The molecular weight excluding hydrogens is 256 g/mol. The fourth-order valence-corrected chi connectivity index (χ4v) is 3.13. The van der Waals surface area contributed by atoms with Crippen LogP contribution >= 0.6 is 0 Å². The second kappa shape index (κ2) is 7.62. The highest BCUT2D eigenvalue weighted by atomic mass is 16.5. The molecule has 1 aliphatic heterocycles. The summed E-state index contributed by atoms with van der Waals surface area (Å²) in [6, 6.07) is 0.250. The molecule has 2 amide bonds. The monoisotopic (exact) mass is 282 g/mol. The van der Waals surface area contributed by atoms with E-state index in [0.717, 1.165) is 12.8 Å². The zero-order valence-electron chi connectivity index (χ0n) is 12.5. The smallest absolute Gasteiger partial charge is 0.242 e. The van der Waals surface area contributed by atoms with Crippen LogP contribution in [0.2, 0.25) is 0 Å². The predicted octanol–water partition coefficient (Wildman–Crippen LogP) is 1.42. The second-order valence-electron chi connectivity index (χ2n) is 5.79. The van der Waals surface area contributed by atoms with Crippen molar-refractivity contribution in [1.29, 1.82) is 0 Å². The number of rotatable bonds is 3. The molecule has 5 nitrogen and oxygen atoms in total. The lowest BCUT2D eigenvalue weighted by Crippen LogP contribution is -2.49. The first kappa shape index (κ1) is 15.3. The zero-order valence-corrected chi connectivity index (χ0v) is 12.5. The molecule has 2 rings (SSSR count). The van der Waals surface area contributed by atoms with E-state index >= 15 is 0 Å². The van der Waals surface area contributed by atoms with Crippen LogP contribution in [-0.4, -0.2) is 60.5 Å². The minimum Gasteiger partial charge on any atom is -0.378 e. The number of hydrogen-bond acceptors (Lipinski definition) is 3. The summed E-state index contributed by atoms with van der Waals surface area (Å²) in [7, 11) is 0. The molecule has 0 bridgehead atoms. The molecule has 0 atom stereocenters. The van der Waals surface area contributed by atoms with Crippen molar-refractivity contribution in [3.05, 3.63) is 0 Å². The van der Waals surface area contributed by atoms with Crippen molar-refractivity contribution in [2.45, 2.75) is 51.5 Å². The van der Waals surface area contributed by atoms with Crippen LogP contribution in [0.4, 0.5) is 0 Å². The van der Waals surface area contributed by atoms with Crippen LogP contribution in [0.5, 0.6) is 0 Å². The summed E-state index contributed by atoms with van der Waals surface area (Å²) in [5, 5.41) is 0. The first-order valence-electron chi connectivity index (χ1n) is 7.81. The van der Waals surface area contributed by atoms with Gasteiger partial charge in [-0.05, 0) is 12.8 Å². The van der Waals surface area contributed by atoms with E-state index in [4.69, 9.17) is 4.74 Å². The SMILES string of the molecule is CC(=O)N(CC(=O)N1CCOCC1)C1CCCCCC1. The molecule has 1 heterocycles. The predicted molar refractivity (Wildman–Crippen MR) is 76.3 cm³/mol. The minimum absolute atomic E-state index is 0.0264. The Morgan fingerprint density at radius 3 is 2.25 bits per heavy atom. The zero-order chi connectivity index (χ0) is 14.4. The summed E-state index contributed by atoms with van der Waals surface area (Å²) >= 11 is 0. The minimum atomic E-state index is 0.0264. The fraction of sp³-hybridized carbons (Fsp3) is 0.867. The molecule has 1 saturated heterocycles. The summed E-state index contributed by atoms with van der Waals surface area (Å²) < 4.78 is 5.26. The van der Waals surface area contributed by atoms with Gasteiger partial charge in [-0.1, -0.05) is 25.7 Å². The average Bonchev–Trinajstić information content (AvgIpc) is 2.74. The van der Waals surface area contributed by atoms with Crippen molar-refractivity contribution in [1.82, 2.24) is 9.80 Å². The molecule has 0 aromatic heterocycles. The lowest BCUT2D eigenvalue weighted by Gasteiger charge is -2.33. The van der Waals surface area contributed by atoms with Crippen LogP contribution in [-0.2, 0) is 14.3 Å². The third-order valence-corrected chi connectivity index (χ3v) is 4.34. The molecule has 0 unspecified atom stereocenters. The largest absolute Gasteiger partial charge is 0.378 e. The van der Waals surface area contributed by atoms with Crippen molar-refractivity contribution in [3.8, 4) is 0 Å². The van der Waals surface area contributed by atoms with Gasteiger partial charge in [0.1, 0.15) is 0 Å². The molecule has 1 aliphatic carbocycles. The van der Waals surface area contributed by atoms with Crippen LogP contribution in [0.3, 0.4) is 0 Å². The van der Waals surface area contributed by atoms with Gasteiger partial charge in [-0.3, -0.25) is 9.59 Å². The maximum atomic E-state index is 12.3. The van der Waals surface area contributed by atoms with Gasteiger partial charge in [0.25, 0.3) is 0 Å². The van der Waals surface area contributed by atoms with Crippen LogP contribution < -0.4 is 0 Å². The number of ether oxygens (including phenoxy) is 1. The molecule has 114 valence electrons. The van der Waals surface area contributed by atoms with Gasteiger partial charge in [0.2, 0.25) is 11.8 Å². The van der Waals surface area contributed by atoms with Crippen LogP contribution in [0, 0.1) is 0 Å². The molecule has 2 fully saturated rings. The Kier molecular flexibility index (Phi) is 5.83. The summed E-state index contributed by atoms with van der Waals surface area (Å²) in [5.74, 6) is 0.0891. The van der Waals surface area contributed by atoms with E-state index in [9.17, 15) is 9.59 Å². The van der Waals surface area contributed by atoms with Crippen LogP contribution in [0.15, 0.2) is 0 Å². The van der Waals surface area contributed by atoms with Crippen molar-refractivity contribution >= 4 is 11.8 Å². The maximum Gasteiger partial charge on any atom is 0.242 e. The van der Waals surface area contributed by atoms with Crippen molar-refractivity contribution < 1.29 is 14.3 Å². The van der Waals surface area contributed by atoms with Gasteiger partial charge < -0.3 is 14.5 Å². The molecule has 5 heteroatoms. The molecular formula is C15H26N2O3. The van der Waals surface area contributed by atoms with Gasteiger partial charge in [0.15, 0.2) is 0 Å². The molecule has 0 aromatic carbocycles. The van der Waals surface area contributed by atoms with Gasteiger partial charge in [-0.15, -0.1) is 0 Å². The molecule has 20 heavy (non-hydrogen) atoms. The standard InChI is InChI=1S/C15H26N2O3/c1-13(18)17(14-6-4-2-3-5-7-14)12-15(19)16-8-10-20-11-9-16/h14H,2-12H2,1H3. The van der Waals surface area contributed by atoms with Crippen molar-refractivity contribution in [2.24, 2.45) is 0 Å². The quantitative estimate of drug-likeness (QED) is 0.736. The first-order chi connectivity index (χ1) is 9.68. The van der Waals surface area contributed by atoms with E-state index < -0.39 is 0 Å². The third-order valence-electron chi connectivity index (χ3n) is 4.34. The molecule has 0 N–H and O–H groups in total. The highest BCUT2D eigenvalue weighted by molar-refractivity contribution is 5.84. The number of carbonyl (C=O) groups excluding carboxylic acids is 2. The number of nitrogens with zero attached hydrogens (tertiary/aromatic N) is 2. The van der Waals surface area contributed by atoms with Gasteiger partial charge in [0.05, 0.1) is 19.8 Å². The average molecular weight is 282 g/mol. The molecule has 0 spiro atoms. The molecule has 2 aliphatic rings. The van der Waals surface area contributed by atoms with Crippen molar-refractivity contribution in [3.63, 3.8) is 0 Å². The Balaban J connectivity index is 1.93. The summed E-state index contributed by atoms with van der Waals surface area (Å²) in [5.41, 5.74) is 0. The number of morpholine rings is 1. The van der Waals surface area contributed by atoms with Gasteiger partial charge >= 0.3 is 0 Å². The fourth-order valence-electron chi connectivity index (χ4n) is 3.13. The highest BCUT2D eigenvalue weighted by Gasteiger charge is 2.26. The van der Waals surface area contributed by atoms with E-state index in [1.807, 2.05) is 4.90 Å². The van der Waals surface area contributed by atoms with Crippen LogP contribution in [0.25, 0.3) is 0 Å². The van der Waals surface area contributed by atoms with E-state index in [-0.39, 0.29) is 24.4 Å². The number of carbonyl (C=O) groups is 2. The maximum absolute atomic E-state index is 12.3. The topological polar surface area (TPSA) is 49.9 Å². The van der Waals surface area contributed by atoms with Gasteiger partial charge in [-0.25, -0.2) is 0 Å². The Hall–Kier alpha value is -1.10. The molecule has 0 radical (unpaired) electrons. The van der Waals surface area contributed by atoms with E-state index in [2.05, 4.69) is 0 Å². The molecule has 0 aromatic rings. The lowest BCUT2D eigenvalue weighted by atomic mass is 10.1. The van der Waals surface area contributed by atoms with E-state index in [1.54, 1.807) is 11.8 Å². The Bertz CT molecular complexity index is 332. The van der Waals surface area contributed by atoms with E-state index in [0.29, 0.717) is 26.3 Å². The Morgan fingerprint density at radius 1 is 1.10 bits per heavy atom. The van der Waals surface area contributed by atoms with Crippen LogP contribution in [0.1, 0.15) is 45.4 Å². The lowest BCUT2D eigenvalue weighted by molar-refractivity contribution is -0.143. The number of hydrogen-bond donors (Lipinski definition) is 0. The summed E-state index contributed by atoms with van der Waals surface area (Å²) in [4.78, 5) is 27.8. The third kappa shape index (κ3) is 4.20. The summed E-state index contributed by atoms with van der Waals surface area (Å²) in [6.45, 7) is 4.33. The van der Waals surface area contributed by atoms with Gasteiger partial charge in [0, 0.05) is 26.1 Å².